The summed E-state index contributed by atoms with van der Waals surface area (Å²) in [5.41, 5.74) is -1.07. The van der Waals surface area contributed by atoms with Crippen LogP contribution < -0.4 is 10.1 Å². The van der Waals surface area contributed by atoms with Crippen LogP contribution >= 0.6 is 23.2 Å². The van der Waals surface area contributed by atoms with Crippen LogP contribution in [0.25, 0.3) is 10.9 Å². The molecule has 0 unspecified atom stereocenters. The molecule has 1 aromatic carbocycles. The average Bonchev–Trinajstić information content (AvgIpc) is 2.66. The number of nitrogens with zero attached hydrogens (tertiary/aromatic N) is 3. The first-order chi connectivity index (χ1) is 14.1. The van der Waals surface area contributed by atoms with Gasteiger partial charge in [-0.15, -0.1) is 0 Å². The van der Waals surface area contributed by atoms with Gasteiger partial charge < -0.3 is 15.2 Å². The highest BCUT2D eigenvalue weighted by molar-refractivity contribution is 6.30. The number of aliphatic hydroxyl groups is 1. The van der Waals surface area contributed by atoms with Crippen molar-refractivity contribution in [3.05, 3.63) is 51.8 Å². The van der Waals surface area contributed by atoms with Crippen molar-refractivity contribution in [2.24, 2.45) is 0 Å². The zero-order chi connectivity index (χ0) is 22.1. The molecule has 0 aliphatic heterocycles. The number of fused-ring (bicyclic) bond motifs is 1. The molecule has 3 rings (SSSR count). The molecule has 160 valence electrons. The standard InChI is InChI=1S/C18H14Cl2F4N4O2/c1-8(26-16-11-6-14(19)25-7-13(11)27-17(20)28-16)10-4-9(21)5-12(18(22,23)24)15(10)30-3-2-29/h4-8,29H,2-3H2,1H3,(H,26,27,28)/t8-/m1/s1. The molecule has 2 heterocycles. The van der Waals surface area contributed by atoms with Gasteiger partial charge in [0, 0.05) is 10.9 Å². The maximum atomic E-state index is 14.0. The van der Waals surface area contributed by atoms with Crippen molar-refractivity contribution in [1.82, 2.24) is 15.0 Å². The Bertz CT molecular complexity index is 1080. The monoisotopic (exact) mass is 464 g/mol. The first-order valence-corrected chi connectivity index (χ1v) is 9.25. The molecular weight excluding hydrogens is 451 g/mol. The number of ether oxygens (including phenoxy) is 1. The summed E-state index contributed by atoms with van der Waals surface area (Å²) in [4.78, 5) is 12.0. The van der Waals surface area contributed by atoms with Gasteiger partial charge in [0.1, 0.15) is 34.7 Å². The van der Waals surface area contributed by atoms with E-state index in [9.17, 15) is 17.6 Å². The lowest BCUT2D eigenvalue weighted by atomic mass is 10.0. The average molecular weight is 465 g/mol. The van der Waals surface area contributed by atoms with Crippen LogP contribution in [0.15, 0.2) is 24.4 Å². The van der Waals surface area contributed by atoms with Crippen molar-refractivity contribution >= 4 is 39.9 Å². The Balaban J connectivity index is 2.09. The number of halogens is 6. The van der Waals surface area contributed by atoms with E-state index in [1.807, 2.05) is 0 Å². The predicted octanol–water partition coefficient (Wildman–Crippen LogP) is 5.03. The highest BCUT2D eigenvalue weighted by atomic mass is 35.5. The molecule has 2 N–H and O–H groups in total. The summed E-state index contributed by atoms with van der Waals surface area (Å²) in [6, 6.07) is 1.81. The second-order valence-electron chi connectivity index (χ2n) is 6.17. The van der Waals surface area contributed by atoms with Gasteiger partial charge in [0.25, 0.3) is 0 Å². The molecule has 0 aliphatic carbocycles. The van der Waals surface area contributed by atoms with Crippen LogP contribution in [0, 0.1) is 5.82 Å². The van der Waals surface area contributed by atoms with E-state index in [4.69, 9.17) is 33.0 Å². The number of benzene rings is 1. The van der Waals surface area contributed by atoms with E-state index in [-0.39, 0.29) is 21.8 Å². The first-order valence-electron chi connectivity index (χ1n) is 8.49. The van der Waals surface area contributed by atoms with Crippen LogP contribution in [0.3, 0.4) is 0 Å². The van der Waals surface area contributed by atoms with Crippen LogP contribution in [0.5, 0.6) is 5.75 Å². The minimum absolute atomic E-state index is 0.126. The summed E-state index contributed by atoms with van der Waals surface area (Å²) in [6.07, 6.45) is -3.51. The summed E-state index contributed by atoms with van der Waals surface area (Å²) in [6.45, 7) is 0.566. The topological polar surface area (TPSA) is 80.2 Å². The number of aromatic nitrogens is 3. The van der Waals surface area contributed by atoms with Gasteiger partial charge in [-0.3, -0.25) is 0 Å². The zero-order valence-electron chi connectivity index (χ0n) is 15.3. The maximum Gasteiger partial charge on any atom is 0.420 e. The van der Waals surface area contributed by atoms with Crippen LogP contribution in [0.2, 0.25) is 10.4 Å². The number of pyridine rings is 1. The van der Waals surface area contributed by atoms with Gasteiger partial charge in [0.2, 0.25) is 5.28 Å². The van der Waals surface area contributed by atoms with E-state index in [1.165, 1.54) is 19.2 Å². The molecule has 1 atom stereocenters. The summed E-state index contributed by atoms with van der Waals surface area (Å²) in [5, 5.41) is 12.3. The van der Waals surface area contributed by atoms with Gasteiger partial charge in [0.05, 0.1) is 24.4 Å². The van der Waals surface area contributed by atoms with Crippen molar-refractivity contribution in [2.75, 3.05) is 18.5 Å². The Morgan fingerprint density at radius 2 is 1.93 bits per heavy atom. The Hall–Kier alpha value is -2.43. The minimum Gasteiger partial charge on any atom is -0.490 e. The first kappa shape index (κ1) is 22.3. The highest BCUT2D eigenvalue weighted by Crippen LogP contribution is 2.41. The van der Waals surface area contributed by atoms with Crippen LogP contribution in [0.1, 0.15) is 24.1 Å². The van der Waals surface area contributed by atoms with Crippen LogP contribution in [-0.4, -0.2) is 33.3 Å². The Morgan fingerprint density at radius 1 is 1.20 bits per heavy atom. The molecule has 0 saturated carbocycles. The third-order valence-electron chi connectivity index (χ3n) is 4.07. The number of hydrogen-bond donors (Lipinski definition) is 2. The third-order valence-corrected chi connectivity index (χ3v) is 4.44. The smallest absolute Gasteiger partial charge is 0.420 e. The van der Waals surface area contributed by atoms with Gasteiger partial charge in [-0.05, 0) is 36.7 Å². The predicted molar refractivity (Wildman–Crippen MR) is 103 cm³/mol. The fourth-order valence-corrected chi connectivity index (χ4v) is 3.16. The lowest BCUT2D eigenvalue weighted by Crippen LogP contribution is -2.17. The van der Waals surface area contributed by atoms with E-state index in [0.717, 1.165) is 6.07 Å². The normalized spacial score (nSPS) is 12.8. The van der Waals surface area contributed by atoms with Gasteiger partial charge in [-0.2, -0.15) is 13.2 Å². The minimum atomic E-state index is -4.87. The maximum absolute atomic E-state index is 14.0. The third kappa shape index (κ3) is 4.82. The molecule has 0 bridgehead atoms. The molecule has 0 aliphatic rings. The van der Waals surface area contributed by atoms with Gasteiger partial charge in [-0.1, -0.05) is 11.6 Å². The van der Waals surface area contributed by atoms with E-state index in [2.05, 4.69) is 20.3 Å². The number of hydrogen-bond acceptors (Lipinski definition) is 6. The summed E-state index contributed by atoms with van der Waals surface area (Å²) in [5.74, 6) is -1.53. The largest absolute Gasteiger partial charge is 0.490 e. The Kier molecular flexibility index (Phi) is 6.49. The van der Waals surface area contributed by atoms with Crippen LogP contribution in [0.4, 0.5) is 23.4 Å². The van der Waals surface area contributed by atoms with Crippen molar-refractivity contribution in [3.8, 4) is 5.75 Å². The number of aliphatic hydroxyl groups excluding tert-OH is 1. The SMILES string of the molecule is C[C@@H](Nc1nc(Cl)nc2cnc(Cl)cc12)c1cc(F)cc(C(F)(F)F)c1OCCO. The highest BCUT2D eigenvalue weighted by Gasteiger charge is 2.37. The van der Waals surface area contributed by atoms with Crippen molar-refractivity contribution in [3.63, 3.8) is 0 Å². The number of alkyl halides is 3. The summed E-state index contributed by atoms with van der Waals surface area (Å²) in [7, 11) is 0. The molecule has 0 spiro atoms. The Labute approximate surface area is 177 Å². The van der Waals surface area contributed by atoms with Crippen molar-refractivity contribution in [1.29, 1.82) is 0 Å². The fourth-order valence-electron chi connectivity index (χ4n) is 2.83. The van der Waals surface area contributed by atoms with Gasteiger partial charge in [0.15, 0.2) is 0 Å². The molecule has 0 saturated heterocycles. The van der Waals surface area contributed by atoms with Crippen molar-refractivity contribution in [2.45, 2.75) is 19.1 Å². The summed E-state index contributed by atoms with van der Waals surface area (Å²) < 4.78 is 59.5. The summed E-state index contributed by atoms with van der Waals surface area (Å²) >= 11 is 11.8. The lowest BCUT2D eigenvalue weighted by Gasteiger charge is -2.23. The molecule has 0 fully saturated rings. The number of rotatable bonds is 6. The molecule has 0 radical (unpaired) electrons. The molecular formula is C18H14Cl2F4N4O2. The quantitative estimate of drug-likeness (QED) is 0.302. The molecule has 6 nitrogen and oxygen atoms in total. The van der Waals surface area contributed by atoms with Crippen molar-refractivity contribution < 1.29 is 27.4 Å². The molecule has 0 amide bonds. The zero-order valence-corrected chi connectivity index (χ0v) is 16.8. The molecule has 12 heteroatoms. The number of nitrogens with one attached hydrogen (secondary N) is 1. The van der Waals surface area contributed by atoms with E-state index < -0.39 is 42.6 Å². The Morgan fingerprint density at radius 3 is 2.60 bits per heavy atom. The van der Waals surface area contributed by atoms with E-state index in [1.54, 1.807) is 0 Å². The molecule has 3 aromatic rings. The van der Waals surface area contributed by atoms with E-state index >= 15 is 0 Å². The lowest BCUT2D eigenvalue weighted by molar-refractivity contribution is -0.139. The van der Waals surface area contributed by atoms with Gasteiger partial charge in [-0.25, -0.2) is 19.3 Å². The second kappa shape index (κ2) is 8.75. The van der Waals surface area contributed by atoms with Gasteiger partial charge >= 0.3 is 6.18 Å². The molecule has 2 aromatic heterocycles. The second-order valence-corrected chi connectivity index (χ2v) is 6.90. The number of anilines is 1. The van der Waals surface area contributed by atoms with Crippen LogP contribution in [-0.2, 0) is 6.18 Å². The fraction of sp³-hybridized carbons (Fsp3) is 0.278. The molecule has 30 heavy (non-hydrogen) atoms. The van der Waals surface area contributed by atoms with E-state index in [0.29, 0.717) is 17.0 Å².